The van der Waals surface area contributed by atoms with Crippen molar-refractivity contribution in [1.29, 1.82) is 0 Å². The molecular formula is C77H88N4O27. The molecule has 31 heteroatoms. The quantitative estimate of drug-likeness (QED) is 0.0301. The summed E-state index contributed by atoms with van der Waals surface area (Å²) in [4.78, 5) is 18.3. The molecule has 8 bridgehead atoms. The van der Waals surface area contributed by atoms with E-state index in [1.54, 1.807) is 42.5 Å². The lowest BCUT2D eigenvalue weighted by Gasteiger charge is -2.39. The zero-order valence-corrected chi connectivity index (χ0v) is 58.1. The lowest BCUT2D eigenvalue weighted by Crippen LogP contribution is -2.59. The van der Waals surface area contributed by atoms with Crippen LogP contribution in [-0.4, -0.2) is 297 Å². The van der Waals surface area contributed by atoms with Gasteiger partial charge in [0.05, 0.1) is 81.2 Å². The van der Waals surface area contributed by atoms with Gasteiger partial charge < -0.3 is 144 Å². The van der Waals surface area contributed by atoms with Crippen molar-refractivity contribution in [3.8, 4) is 67.5 Å². The van der Waals surface area contributed by atoms with Crippen LogP contribution in [-0.2, 0) is 33.2 Å². The van der Waals surface area contributed by atoms with E-state index >= 15 is 0 Å². The van der Waals surface area contributed by atoms with Gasteiger partial charge >= 0.3 is 0 Å². The van der Waals surface area contributed by atoms with Crippen LogP contribution in [0.3, 0.4) is 0 Å². The monoisotopic (exact) mass is 1500 g/mol. The molecule has 5 aliphatic heterocycles. The van der Waals surface area contributed by atoms with Crippen LogP contribution < -0.4 is 18.9 Å². The number of hydrogen-bond donors (Lipinski definition) is 18. The minimum atomic E-state index is -1.64. The Balaban J connectivity index is 0.909. The molecule has 4 aromatic carbocycles. The molecule has 18 N–H and O–H groups in total. The maximum atomic E-state index is 10.8. The molecule has 3 saturated heterocycles. The Labute approximate surface area is 617 Å². The average Bonchev–Trinajstić information content (AvgIpc) is 1.63. The number of nitrogens with one attached hydrogen (secondary N) is 2. The first-order chi connectivity index (χ1) is 52.3. The molecule has 8 heterocycles. The van der Waals surface area contributed by atoms with Crippen molar-refractivity contribution >= 4 is 46.4 Å². The zero-order valence-electron chi connectivity index (χ0n) is 58.1. The van der Waals surface area contributed by atoms with Gasteiger partial charge in [-0.25, -0.2) is 9.97 Å². The van der Waals surface area contributed by atoms with Crippen molar-refractivity contribution in [3.63, 3.8) is 0 Å². The summed E-state index contributed by atoms with van der Waals surface area (Å²) in [5, 5.41) is 165. The van der Waals surface area contributed by atoms with E-state index in [2.05, 4.69) is 9.97 Å². The molecule has 0 spiro atoms. The first-order valence-corrected chi connectivity index (χ1v) is 35.5. The molecule has 7 aromatic rings. The lowest BCUT2D eigenvalue weighted by atomic mass is 9.81. The van der Waals surface area contributed by atoms with Crippen molar-refractivity contribution in [1.82, 2.24) is 19.9 Å². The molecule has 31 nitrogen and oxygen atoms in total. The number of rotatable bonds is 28. The molecule has 0 unspecified atom stereocenters. The third kappa shape index (κ3) is 17.0. The highest BCUT2D eigenvalue weighted by Crippen LogP contribution is 2.41. The number of ether oxygens (including phenoxy) is 11. The molecule has 0 amide bonds. The summed E-state index contributed by atoms with van der Waals surface area (Å²) in [6.45, 7) is -2.96. The van der Waals surface area contributed by atoms with Gasteiger partial charge in [-0.3, -0.25) is 0 Å². The minimum Gasteiger partial charge on any atom is -0.491 e. The Hall–Kier alpha value is -8.24. The van der Waals surface area contributed by atoms with E-state index in [9.17, 15) is 81.7 Å². The van der Waals surface area contributed by atoms with Gasteiger partial charge in [-0.2, -0.15) is 0 Å². The summed E-state index contributed by atoms with van der Waals surface area (Å²) in [7, 11) is 0. The molecule has 4 fully saturated rings. The van der Waals surface area contributed by atoms with Crippen molar-refractivity contribution < 1.29 is 134 Å². The summed E-state index contributed by atoms with van der Waals surface area (Å²) < 4.78 is 65.0. The molecular weight excluding hydrogens is 1410 g/mol. The second-order valence-electron chi connectivity index (χ2n) is 26.8. The topological polar surface area (TPSA) is 483 Å². The van der Waals surface area contributed by atoms with Crippen LogP contribution in [0.1, 0.15) is 29.2 Å². The Morgan fingerprint density at radius 2 is 0.602 bits per heavy atom. The van der Waals surface area contributed by atoms with E-state index in [1.165, 1.54) is 0 Å². The van der Waals surface area contributed by atoms with Crippen LogP contribution in [0.2, 0.25) is 0 Å². The molecule has 6 aliphatic rings. The number of aromatic nitrogens is 4. The predicted molar refractivity (Wildman–Crippen MR) is 385 cm³/mol. The van der Waals surface area contributed by atoms with Crippen LogP contribution in [0.5, 0.6) is 23.0 Å². The molecule has 3 aromatic heterocycles. The first kappa shape index (κ1) is 77.9. The highest BCUT2D eigenvalue weighted by atomic mass is 16.7. The number of H-pyrrole nitrogens is 2. The van der Waals surface area contributed by atoms with E-state index < -0.39 is 149 Å². The molecule has 108 heavy (non-hydrogen) atoms. The Kier molecular flexibility index (Phi) is 25.4. The minimum absolute atomic E-state index is 0.00628. The van der Waals surface area contributed by atoms with Crippen LogP contribution in [0.4, 0.5) is 0 Å². The Bertz CT molecular complexity index is 3890. The number of fused-ring (bicyclic) bond motifs is 8. The highest BCUT2D eigenvalue weighted by Gasteiger charge is 2.47. The van der Waals surface area contributed by atoms with Crippen molar-refractivity contribution in [2.24, 2.45) is 5.92 Å². The first-order valence-electron chi connectivity index (χ1n) is 35.5. The van der Waals surface area contributed by atoms with Gasteiger partial charge in [0.1, 0.15) is 135 Å². The predicted octanol–water partition coefficient (Wildman–Crippen LogP) is 0.768. The fourth-order valence-corrected chi connectivity index (χ4v) is 14.0. The van der Waals surface area contributed by atoms with Gasteiger partial charge in [0.25, 0.3) is 0 Å². The van der Waals surface area contributed by atoms with Gasteiger partial charge in [-0.15, -0.1) is 0 Å². The Morgan fingerprint density at radius 1 is 0.315 bits per heavy atom. The molecule has 578 valence electrons. The second-order valence-corrected chi connectivity index (χ2v) is 26.8. The summed E-state index contributed by atoms with van der Waals surface area (Å²) >= 11 is 0. The van der Waals surface area contributed by atoms with Crippen LogP contribution in [0.15, 0.2) is 121 Å². The molecule has 0 radical (unpaired) electrons. The molecule has 13 rings (SSSR count). The van der Waals surface area contributed by atoms with Crippen molar-refractivity contribution in [2.45, 2.75) is 123 Å². The molecule has 20 atom stereocenters. The molecule has 1 aliphatic carbocycles. The van der Waals surface area contributed by atoms with Gasteiger partial charge in [-0.1, -0.05) is 48.5 Å². The third-order valence-corrected chi connectivity index (χ3v) is 19.7. The van der Waals surface area contributed by atoms with E-state index in [0.29, 0.717) is 112 Å². The summed E-state index contributed by atoms with van der Waals surface area (Å²) in [5.74, 6) is 0.929. The second kappa shape index (κ2) is 35.2. The maximum Gasteiger partial charge on any atom is 0.186 e. The van der Waals surface area contributed by atoms with E-state index in [-0.39, 0.29) is 59.3 Å². The number of hydrogen-bond acceptors (Lipinski definition) is 29. The van der Waals surface area contributed by atoms with E-state index in [4.69, 9.17) is 62.1 Å². The van der Waals surface area contributed by atoms with Gasteiger partial charge in [0.15, 0.2) is 18.9 Å². The number of aromatic amines is 2. The van der Waals surface area contributed by atoms with Crippen LogP contribution >= 0.6 is 0 Å². The standard InChI is InChI=1S/C77H88N4O27/c82-34-42-33-55(64(87)68(91)63(42)86)102-25-21-98-43-9-1-5-38(29-43)59-47-13-15-49(78-47)60(39-6-2-10-44(30-39)99-22-26-103-75-72(95)69(92)65(88)56(35-83)106-75)51-17-19-53(80-51)62(41-8-4-12-46(32-41)101-24-28-105-77-74(97)71(94)67(90)58(37-85)108-77)54-20-18-52(81-54)61(50-16-14-48(59)79-50)40-7-3-11-45(31-40)100-23-27-104-76-73(96)70(93)66(89)57(36-84)107-76/h1-20,29-32,42,55-58,63-78,81-97H,21-28,33-37H2/t42-,55-,56-,57-,58-,63-,64+,65-,66-,67-,68+,69+,70+,71+,72-,73-,74-,75-,76-,77-/m1/s1. The summed E-state index contributed by atoms with van der Waals surface area (Å²) in [6, 6.07) is 36.8. The number of benzene rings is 4. The molecule has 1 saturated carbocycles. The normalized spacial score (nSPS) is 29.1. The van der Waals surface area contributed by atoms with E-state index in [1.807, 2.05) is 103 Å². The summed E-state index contributed by atoms with van der Waals surface area (Å²) in [5.41, 5.74) is 9.46. The van der Waals surface area contributed by atoms with Gasteiger partial charge in [0.2, 0.25) is 0 Å². The lowest BCUT2D eigenvalue weighted by molar-refractivity contribution is -0.301. The fourth-order valence-electron chi connectivity index (χ4n) is 14.0. The van der Waals surface area contributed by atoms with Gasteiger partial charge in [-0.05, 0) is 126 Å². The highest BCUT2D eigenvalue weighted by molar-refractivity contribution is 6.00. The maximum absolute atomic E-state index is 10.8. The number of nitrogens with zero attached hydrogens (tertiary/aromatic N) is 2. The van der Waals surface area contributed by atoms with Crippen molar-refractivity contribution in [2.75, 3.05) is 79.3 Å². The number of aliphatic hydroxyl groups is 16. The number of aliphatic hydroxyl groups excluding tert-OH is 16. The van der Waals surface area contributed by atoms with Crippen LogP contribution in [0.25, 0.3) is 90.9 Å². The van der Waals surface area contributed by atoms with E-state index in [0.717, 1.165) is 0 Å². The third-order valence-electron chi connectivity index (χ3n) is 19.7. The fraction of sp³-hybridized carbons (Fsp3) is 0.429. The van der Waals surface area contributed by atoms with Crippen LogP contribution in [0, 0.1) is 5.92 Å². The van der Waals surface area contributed by atoms with Gasteiger partial charge in [0, 0.05) is 56.8 Å². The zero-order chi connectivity index (χ0) is 75.9. The largest absolute Gasteiger partial charge is 0.491 e. The van der Waals surface area contributed by atoms with Crippen molar-refractivity contribution in [3.05, 3.63) is 144 Å². The Morgan fingerprint density at radius 3 is 0.889 bits per heavy atom. The smallest absolute Gasteiger partial charge is 0.186 e. The summed E-state index contributed by atoms with van der Waals surface area (Å²) in [6.07, 6.45) is -19.7. The average molecular weight is 1500 g/mol. The SMILES string of the molecule is OC[C@H]1C[C@@H](OCCOc2cccc(-c3c4nc(c(-c5cccc(OCCO[C@@H]6O[C@H](CO)[C@@H](O)[C@H](O)[C@H]6O)c5)c5ccc([nH]5)c(-c5cccc(OCCO[C@@H]6O[C@H](CO)[C@@H](O)[C@H](O)[C@H]6O)c5)c5nc(c(-c6cccc(OCCO[C@@H]7O[C@H](CO)[C@@H](O)[C@H](O)[C@H]7O)c6)c6ccc3[nH]6)C=C5)C=C4)c2)[C@H](O)[C@@H](O)[C@@H]1O.